The summed E-state index contributed by atoms with van der Waals surface area (Å²) in [5, 5.41) is 70.1. The molecule has 3 aliphatic rings. The fourth-order valence-corrected chi connectivity index (χ4v) is 7.74. The molecule has 0 aliphatic heterocycles. The van der Waals surface area contributed by atoms with E-state index in [-0.39, 0.29) is 48.1 Å². The number of ketones is 2. The number of phenolic OH excluding ortho intramolecular Hbond substituents is 2. The zero-order valence-corrected chi connectivity index (χ0v) is 27.5. The van der Waals surface area contributed by atoms with E-state index in [1.54, 1.807) is 17.0 Å². The van der Waals surface area contributed by atoms with E-state index in [0.717, 1.165) is 0 Å². The molecular formula is C33H37Cl2N3O9. The third-order valence-corrected chi connectivity index (χ3v) is 9.92. The van der Waals surface area contributed by atoms with Crippen LogP contribution in [0.3, 0.4) is 0 Å². The number of amides is 1. The van der Waals surface area contributed by atoms with Gasteiger partial charge in [-0.3, -0.25) is 24.2 Å². The van der Waals surface area contributed by atoms with Crippen molar-refractivity contribution in [1.29, 1.82) is 0 Å². The summed E-state index contributed by atoms with van der Waals surface area (Å²) in [4.78, 5) is 45.7. The van der Waals surface area contributed by atoms with Crippen LogP contribution in [0.25, 0.3) is 5.76 Å². The highest BCUT2D eigenvalue weighted by molar-refractivity contribution is 6.25. The number of Topliss-reactive ketones (excluding diaryl/α,β-unsaturated/α-hetero) is 2. The number of likely N-dealkylation sites (N-methyl/N-ethyl adjacent to an activating group) is 1. The van der Waals surface area contributed by atoms with Crippen LogP contribution in [-0.4, -0.2) is 109 Å². The van der Waals surface area contributed by atoms with Gasteiger partial charge < -0.3 is 36.0 Å². The number of carbonyl (C=O) groups is 3. The van der Waals surface area contributed by atoms with Crippen molar-refractivity contribution in [2.75, 3.05) is 38.9 Å². The second kappa shape index (κ2) is 12.8. The molecule has 1 fully saturated rings. The van der Waals surface area contributed by atoms with Gasteiger partial charge >= 0.3 is 0 Å². The summed E-state index contributed by atoms with van der Waals surface area (Å²) in [5.41, 5.74) is -5.59. The minimum atomic E-state index is -2.87. The number of nitrogens with zero attached hydrogens (tertiary/aromatic N) is 2. The number of benzene rings is 2. The molecule has 252 valence electrons. The van der Waals surface area contributed by atoms with Gasteiger partial charge in [-0.25, -0.2) is 0 Å². The Kier molecular flexibility index (Phi) is 9.41. The highest BCUT2D eigenvalue weighted by Gasteiger charge is 2.66. The number of aliphatic hydroxyl groups excluding tert-OH is 2. The average Bonchev–Trinajstić information content (AvgIpc) is 3.00. The molecule has 0 saturated heterocycles. The molecule has 5 rings (SSSR count). The third-order valence-electron chi connectivity index (χ3n) is 9.59. The predicted octanol–water partition coefficient (Wildman–Crippen LogP) is 2.44. The predicted molar refractivity (Wildman–Crippen MR) is 173 cm³/mol. The van der Waals surface area contributed by atoms with Gasteiger partial charge in [0.25, 0.3) is 5.91 Å². The van der Waals surface area contributed by atoms with Gasteiger partial charge in [-0.2, -0.15) is 0 Å². The van der Waals surface area contributed by atoms with Crippen molar-refractivity contribution in [3.63, 3.8) is 0 Å². The van der Waals surface area contributed by atoms with Gasteiger partial charge in [0, 0.05) is 42.3 Å². The maximum atomic E-state index is 14.4. The minimum absolute atomic E-state index is 0.0331. The number of nitrogens with one attached hydrogen (secondary N) is 1. The number of hydrogen-bond acceptors (Lipinski definition) is 11. The topological polar surface area (TPSA) is 191 Å². The van der Waals surface area contributed by atoms with Crippen molar-refractivity contribution in [2.24, 2.45) is 11.8 Å². The van der Waals surface area contributed by atoms with Crippen LogP contribution < -0.4 is 5.32 Å². The zero-order chi connectivity index (χ0) is 34.6. The number of aromatic hydroxyl groups is 2. The summed E-state index contributed by atoms with van der Waals surface area (Å²) in [5.74, 6) is -7.73. The van der Waals surface area contributed by atoms with Crippen LogP contribution in [0.5, 0.6) is 11.5 Å². The lowest BCUT2D eigenvalue weighted by Gasteiger charge is -2.53. The van der Waals surface area contributed by atoms with E-state index < -0.39 is 81.1 Å². The summed E-state index contributed by atoms with van der Waals surface area (Å²) in [6.45, 7) is 1.89. The Morgan fingerprint density at radius 2 is 1.62 bits per heavy atom. The maximum absolute atomic E-state index is 14.4. The zero-order valence-electron chi connectivity index (χ0n) is 25.9. The monoisotopic (exact) mass is 689 g/mol. The molecule has 0 aromatic heterocycles. The molecule has 2 aromatic rings. The molecule has 7 N–H and O–H groups in total. The Balaban J connectivity index is 1.66. The molecule has 1 amide bonds. The SMILES string of the molecule is CN(C)C1C(=O)C(C(=O)NC(c2ccc(O)cc2)N(CCCl)CCCl)=C(O)C2(O)C(=O)C3=C(O)c4c(O)cccc4C(C)(O)C3CC12. The fraction of sp³-hybridized carbons (Fsp3) is 0.424. The van der Waals surface area contributed by atoms with E-state index in [9.17, 15) is 45.0 Å². The molecule has 47 heavy (non-hydrogen) atoms. The van der Waals surface area contributed by atoms with E-state index in [1.807, 2.05) is 0 Å². The number of hydrogen-bond donors (Lipinski definition) is 7. The van der Waals surface area contributed by atoms with Gasteiger partial charge in [0.05, 0.1) is 17.2 Å². The van der Waals surface area contributed by atoms with Crippen molar-refractivity contribution in [3.8, 4) is 11.5 Å². The molecule has 0 bridgehead atoms. The van der Waals surface area contributed by atoms with E-state index >= 15 is 0 Å². The summed E-state index contributed by atoms with van der Waals surface area (Å²) in [7, 11) is 3.03. The molecule has 0 heterocycles. The van der Waals surface area contributed by atoms with Gasteiger partial charge in [-0.1, -0.05) is 24.3 Å². The van der Waals surface area contributed by atoms with Gasteiger partial charge in [0.1, 0.15) is 34.8 Å². The van der Waals surface area contributed by atoms with Crippen LogP contribution in [-0.2, 0) is 20.0 Å². The number of carbonyl (C=O) groups excluding carboxylic acids is 3. The summed E-state index contributed by atoms with van der Waals surface area (Å²) in [6.07, 6.45) is -1.22. The summed E-state index contributed by atoms with van der Waals surface area (Å²) < 4.78 is 0. The molecule has 6 unspecified atom stereocenters. The van der Waals surface area contributed by atoms with Gasteiger partial charge in [-0.05, 0) is 56.8 Å². The Morgan fingerprint density at radius 1 is 1.00 bits per heavy atom. The molecule has 12 nitrogen and oxygen atoms in total. The van der Waals surface area contributed by atoms with Gasteiger partial charge in [0.2, 0.25) is 5.78 Å². The first-order chi connectivity index (χ1) is 22.1. The van der Waals surface area contributed by atoms with Crippen molar-refractivity contribution >= 4 is 46.4 Å². The first-order valence-electron chi connectivity index (χ1n) is 15.0. The van der Waals surface area contributed by atoms with Crippen LogP contribution in [0, 0.1) is 11.8 Å². The summed E-state index contributed by atoms with van der Waals surface area (Å²) in [6, 6.07) is 8.80. The Hall–Kier alpha value is -3.65. The first kappa shape index (κ1) is 34.7. The number of halogens is 2. The van der Waals surface area contributed by atoms with Crippen molar-refractivity contribution in [3.05, 3.63) is 76.1 Å². The fourth-order valence-electron chi connectivity index (χ4n) is 7.31. The van der Waals surface area contributed by atoms with E-state index in [4.69, 9.17) is 23.2 Å². The normalized spacial score (nSPS) is 27.9. The highest BCUT2D eigenvalue weighted by atomic mass is 35.5. The Labute approximate surface area is 281 Å². The number of rotatable bonds is 9. The number of fused-ring (bicyclic) bond motifs is 3. The average molecular weight is 691 g/mol. The summed E-state index contributed by atoms with van der Waals surface area (Å²) >= 11 is 12.1. The Morgan fingerprint density at radius 3 is 2.19 bits per heavy atom. The smallest absolute Gasteiger partial charge is 0.260 e. The minimum Gasteiger partial charge on any atom is -0.508 e. The molecule has 0 spiro atoms. The highest BCUT2D eigenvalue weighted by Crippen LogP contribution is 2.57. The molecule has 14 heteroatoms. The Bertz CT molecular complexity index is 1670. The van der Waals surface area contributed by atoms with Gasteiger partial charge in [0.15, 0.2) is 11.4 Å². The van der Waals surface area contributed by atoms with Crippen molar-refractivity contribution < 1.29 is 45.0 Å². The number of aliphatic hydroxyl groups is 4. The first-order valence-corrected chi connectivity index (χ1v) is 16.0. The van der Waals surface area contributed by atoms with E-state index in [0.29, 0.717) is 5.56 Å². The van der Waals surface area contributed by atoms with Crippen LogP contribution in [0.2, 0.25) is 0 Å². The largest absolute Gasteiger partial charge is 0.508 e. The van der Waals surface area contributed by atoms with Crippen LogP contribution in [0.4, 0.5) is 0 Å². The van der Waals surface area contributed by atoms with Crippen molar-refractivity contribution in [2.45, 2.75) is 36.8 Å². The molecule has 2 aromatic carbocycles. The second-order valence-electron chi connectivity index (χ2n) is 12.5. The van der Waals surface area contributed by atoms with E-state index in [1.165, 1.54) is 56.3 Å². The second-order valence-corrected chi connectivity index (χ2v) is 13.2. The van der Waals surface area contributed by atoms with Crippen LogP contribution in [0.15, 0.2) is 59.4 Å². The number of alkyl halides is 2. The lowest BCUT2D eigenvalue weighted by Crippen LogP contribution is -2.67. The molecule has 1 saturated carbocycles. The lowest BCUT2D eigenvalue weighted by atomic mass is 9.54. The van der Waals surface area contributed by atoms with Crippen molar-refractivity contribution in [1.82, 2.24) is 15.1 Å². The molecular weight excluding hydrogens is 653 g/mol. The van der Waals surface area contributed by atoms with E-state index in [2.05, 4.69) is 5.32 Å². The number of phenols is 2. The lowest BCUT2D eigenvalue weighted by molar-refractivity contribution is -0.159. The standard InChI is InChI=1S/C33H37Cl2N3O9/c1-32(46)18-5-4-6-21(40)22(18)26(41)23-19(32)15-20-25(37(2)3)27(42)24(29(44)33(20,47)28(23)43)31(45)36-30(38(13-11-34)14-12-35)16-7-9-17(39)10-8-16/h4-10,19-20,25,30,39-41,44,46-47H,11-15H2,1-3H3,(H,36,45). The quantitative estimate of drug-likeness (QED) is 0.116. The van der Waals surface area contributed by atoms with Crippen LogP contribution >= 0.6 is 23.2 Å². The maximum Gasteiger partial charge on any atom is 0.260 e. The van der Waals surface area contributed by atoms with Crippen LogP contribution in [0.1, 0.15) is 36.2 Å². The molecule has 6 atom stereocenters. The molecule has 3 aliphatic carbocycles. The van der Waals surface area contributed by atoms with Gasteiger partial charge in [-0.15, -0.1) is 23.2 Å². The third kappa shape index (κ3) is 5.46. The molecule has 0 radical (unpaired) electrons.